The predicted molar refractivity (Wildman–Crippen MR) is 112 cm³/mol. The fraction of sp³-hybridized carbons (Fsp3) is 0.375. The molecule has 0 aliphatic carbocycles. The van der Waals surface area contributed by atoms with E-state index in [1.807, 2.05) is 36.4 Å². The molecular formula is C24H28O4. The van der Waals surface area contributed by atoms with Gasteiger partial charge in [-0.25, -0.2) is 4.79 Å². The molecule has 3 aromatic rings. The van der Waals surface area contributed by atoms with E-state index in [9.17, 15) is 9.90 Å². The van der Waals surface area contributed by atoms with Crippen LogP contribution in [0, 0.1) is 11.8 Å². The first-order valence-corrected chi connectivity index (χ1v) is 9.96. The smallest absolute Gasteiger partial charge is 0.343 e. The van der Waals surface area contributed by atoms with Crippen LogP contribution in [0.1, 0.15) is 38.7 Å². The maximum Gasteiger partial charge on any atom is 0.343 e. The molecule has 0 aliphatic rings. The van der Waals surface area contributed by atoms with Gasteiger partial charge in [0.1, 0.15) is 17.1 Å². The minimum Gasteiger partial charge on any atom is -0.507 e. The number of hydrogen-bond acceptors (Lipinski definition) is 4. The molecule has 148 valence electrons. The summed E-state index contributed by atoms with van der Waals surface area (Å²) >= 11 is 0. The lowest BCUT2D eigenvalue weighted by Gasteiger charge is -2.19. The number of hydrogen-bond donors (Lipinski definition) is 1. The van der Waals surface area contributed by atoms with Crippen molar-refractivity contribution >= 4 is 11.0 Å². The third kappa shape index (κ3) is 5.16. The first-order chi connectivity index (χ1) is 13.5. The number of para-hydroxylation sites is 2. The Morgan fingerprint density at radius 2 is 1.68 bits per heavy atom. The van der Waals surface area contributed by atoms with Crippen LogP contribution in [-0.4, -0.2) is 11.7 Å². The first-order valence-electron chi connectivity index (χ1n) is 9.96. The number of aromatic hydroxyl groups is 1. The zero-order valence-corrected chi connectivity index (χ0v) is 16.6. The van der Waals surface area contributed by atoms with Gasteiger partial charge in [0.05, 0.1) is 17.6 Å². The molecule has 0 saturated carbocycles. The van der Waals surface area contributed by atoms with Gasteiger partial charge in [-0.1, -0.05) is 50.6 Å². The number of fused-ring (bicyclic) bond motifs is 1. The van der Waals surface area contributed by atoms with E-state index in [-0.39, 0.29) is 5.75 Å². The second-order valence-corrected chi connectivity index (χ2v) is 7.71. The van der Waals surface area contributed by atoms with Crippen molar-refractivity contribution in [2.24, 2.45) is 11.8 Å². The fourth-order valence-electron chi connectivity index (χ4n) is 3.35. The molecular weight excluding hydrogens is 352 g/mol. The zero-order chi connectivity index (χ0) is 19.9. The van der Waals surface area contributed by atoms with Gasteiger partial charge >= 0.3 is 5.63 Å². The predicted octanol–water partition coefficient (Wildman–Crippen LogP) is 5.56. The van der Waals surface area contributed by atoms with Crippen LogP contribution in [0.25, 0.3) is 11.0 Å². The summed E-state index contributed by atoms with van der Waals surface area (Å²) in [5.41, 5.74) is 0.313. The highest BCUT2D eigenvalue weighted by molar-refractivity contribution is 5.83. The van der Waals surface area contributed by atoms with Crippen molar-refractivity contribution in [1.82, 2.24) is 0 Å². The second-order valence-electron chi connectivity index (χ2n) is 7.71. The van der Waals surface area contributed by atoms with Crippen molar-refractivity contribution < 1.29 is 14.3 Å². The van der Waals surface area contributed by atoms with Crippen molar-refractivity contribution in [2.45, 2.75) is 39.5 Å². The topological polar surface area (TPSA) is 59.7 Å². The minimum atomic E-state index is -0.456. The number of rotatable bonds is 9. The van der Waals surface area contributed by atoms with Gasteiger partial charge in [0, 0.05) is 0 Å². The third-order valence-electron chi connectivity index (χ3n) is 5.06. The summed E-state index contributed by atoms with van der Waals surface area (Å²) in [6.07, 6.45) is 3.35. The molecule has 4 heteroatoms. The van der Waals surface area contributed by atoms with Crippen molar-refractivity contribution in [3.8, 4) is 11.5 Å². The Kier molecular flexibility index (Phi) is 6.75. The lowest BCUT2D eigenvalue weighted by Crippen LogP contribution is -2.16. The van der Waals surface area contributed by atoms with Crippen LogP contribution >= 0.6 is 0 Å². The summed E-state index contributed by atoms with van der Waals surface area (Å²) in [6, 6.07) is 16.8. The van der Waals surface area contributed by atoms with E-state index in [2.05, 4.69) is 13.8 Å². The van der Waals surface area contributed by atoms with Crippen molar-refractivity contribution in [3.63, 3.8) is 0 Å². The Balaban J connectivity index is 1.71. The Morgan fingerprint density at radius 3 is 2.43 bits per heavy atom. The van der Waals surface area contributed by atoms with Crippen LogP contribution in [0.5, 0.6) is 11.5 Å². The molecule has 1 aromatic heterocycles. The average molecular weight is 380 g/mol. The van der Waals surface area contributed by atoms with E-state index in [0.29, 0.717) is 41.4 Å². The SMILES string of the molecule is CC(C)CCC(CCc1c(O)c2ccccc2oc1=O)COc1ccccc1. The van der Waals surface area contributed by atoms with Crippen molar-refractivity contribution in [2.75, 3.05) is 6.61 Å². The van der Waals surface area contributed by atoms with Gasteiger partial charge in [-0.2, -0.15) is 0 Å². The molecule has 2 aromatic carbocycles. The summed E-state index contributed by atoms with van der Waals surface area (Å²) in [7, 11) is 0. The molecule has 1 N–H and O–H groups in total. The Labute approximate surface area is 165 Å². The number of ether oxygens (including phenoxy) is 1. The monoisotopic (exact) mass is 380 g/mol. The van der Waals surface area contributed by atoms with Gasteiger partial charge in [0.25, 0.3) is 0 Å². The van der Waals surface area contributed by atoms with E-state index in [4.69, 9.17) is 9.15 Å². The molecule has 0 aliphatic heterocycles. The Hall–Kier alpha value is -2.75. The maximum atomic E-state index is 12.4. The minimum absolute atomic E-state index is 0.0402. The highest BCUT2D eigenvalue weighted by Crippen LogP contribution is 2.28. The molecule has 0 amide bonds. The summed E-state index contributed by atoms with van der Waals surface area (Å²) in [4.78, 5) is 12.4. The van der Waals surface area contributed by atoms with Crippen LogP contribution in [-0.2, 0) is 6.42 Å². The van der Waals surface area contributed by atoms with E-state index in [1.54, 1.807) is 18.2 Å². The maximum absolute atomic E-state index is 12.4. The molecule has 4 nitrogen and oxygen atoms in total. The zero-order valence-electron chi connectivity index (χ0n) is 16.6. The number of benzene rings is 2. The highest BCUT2D eigenvalue weighted by Gasteiger charge is 2.17. The van der Waals surface area contributed by atoms with E-state index >= 15 is 0 Å². The quantitative estimate of drug-likeness (QED) is 0.494. The van der Waals surface area contributed by atoms with Crippen molar-refractivity contribution in [3.05, 3.63) is 70.6 Å². The first kappa shape index (κ1) is 20.0. The fourth-order valence-corrected chi connectivity index (χ4v) is 3.35. The van der Waals surface area contributed by atoms with Gasteiger partial charge in [-0.15, -0.1) is 0 Å². The normalized spacial score (nSPS) is 12.4. The van der Waals surface area contributed by atoms with E-state index < -0.39 is 5.63 Å². The standard InChI is InChI=1S/C24H28O4/c1-17(2)12-13-18(16-27-19-8-4-3-5-9-19)14-15-21-23(25)20-10-6-7-11-22(20)28-24(21)26/h3-11,17-18,25H,12-16H2,1-2H3. The molecule has 0 spiro atoms. The molecule has 1 heterocycles. The van der Waals surface area contributed by atoms with E-state index in [0.717, 1.165) is 25.0 Å². The van der Waals surface area contributed by atoms with Gasteiger partial charge < -0.3 is 14.3 Å². The van der Waals surface area contributed by atoms with Crippen LogP contribution in [0.3, 0.4) is 0 Å². The van der Waals surface area contributed by atoms with Crippen LogP contribution < -0.4 is 10.4 Å². The second kappa shape index (κ2) is 9.45. The van der Waals surface area contributed by atoms with Gasteiger partial charge in [0.15, 0.2) is 0 Å². The van der Waals surface area contributed by atoms with Gasteiger partial charge in [-0.05, 0) is 55.4 Å². The van der Waals surface area contributed by atoms with Crippen LogP contribution in [0.2, 0.25) is 0 Å². The summed E-state index contributed by atoms with van der Waals surface area (Å²) in [5, 5.41) is 11.2. The Morgan fingerprint density at radius 1 is 0.964 bits per heavy atom. The molecule has 0 bridgehead atoms. The molecule has 0 fully saturated rings. The molecule has 0 radical (unpaired) electrons. The Bertz CT molecular complexity index is 944. The molecule has 28 heavy (non-hydrogen) atoms. The average Bonchev–Trinajstić information content (AvgIpc) is 2.70. The van der Waals surface area contributed by atoms with Crippen LogP contribution in [0.4, 0.5) is 0 Å². The van der Waals surface area contributed by atoms with E-state index in [1.165, 1.54) is 0 Å². The molecule has 3 rings (SSSR count). The third-order valence-corrected chi connectivity index (χ3v) is 5.06. The summed E-state index contributed by atoms with van der Waals surface area (Å²) < 4.78 is 11.3. The van der Waals surface area contributed by atoms with Gasteiger partial charge in [-0.3, -0.25) is 0 Å². The largest absolute Gasteiger partial charge is 0.507 e. The lowest BCUT2D eigenvalue weighted by molar-refractivity contribution is 0.223. The van der Waals surface area contributed by atoms with Gasteiger partial charge in [0.2, 0.25) is 0 Å². The van der Waals surface area contributed by atoms with Crippen LogP contribution in [0.15, 0.2) is 63.8 Å². The molecule has 1 atom stereocenters. The van der Waals surface area contributed by atoms with Crippen molar-refractivity contribution in [1.29, 1.82) is 0 Å². The molecule has 1 unspecified atom stereocenters. The summed E-state index contributed by atoms with van der Waals surface area (Å²) in [6.45, 7) is 5.01. The summed E-state index contributed by atoms with van der Waals surface area (Å²) in [5.74, 6) is 1.80. The highest BCUT2D eigenvalue weighted by atomic mass is 16.5. The molecule has 0 saturated heterocycles. The lowest BCUT2D eigenvalue weighted by atomic mass is 9.92.